The molecule has 0 N–H and O–H groups in total. The number of aryl methyl sites for hydroxylation is 2. The lowest BCUT2D eigenvalue weighted by atomic mass is 10.3. The third-order valence-electron chi connectivity index (χ3n) is 3.15. The van der Waals surface area contributed by atoms with E-state index in [2.05, 4.69) is 25.9 Å². The summed E-state index contributed by atoms with van der Waals surface area (Å²) in [7, 11) is 0. The zero-order valence-electron chi connectivity index (χ0n) is 11.2. The molecule has 0 unspecified atom stereocenters. The molecule has 0 saturated carbocycles. The van der Waals surface area contributed by atoms with Crippen LogP contribution in [0.15, 0.2) is 22.0 Å². The fraction of sp³-hybridized carbons (Fsp3) is 0.286. The summed E-state index contributed by atoms with van der Waals surface area (Å²) in [6.45, 7) is 2.55. The molecule has 0 amide bonds. The zero-order chi connectivity index (χ0) is 15.0. The van der Waals surface area contributed by atoms with E-state index in [0.717, 1.165) is 27.6 Å². The molecule has 21 heavy (non-hydrogen) atoms. The minimum Gasteiger partial charge on any atom is -0.321 e. The van der Waals surface area contributed by atoms with Crippen molar-refractivity contribution in [2.45, 2.75) is 19.9 Å². The third-order valence-corrected chi connectivity index (χ3v) is 4.90. The quantitative estimate of drug-likeness (QED) is 0.615. The number of alkyl halides is 1. The second-order valence-electron chi connectivity index (χ2n) is 4.69. The maximum absolute atomic E-state index is 13.8. The summed E-state index contributed by atoms with van der Waals surface area (Å²) in [6, 6.07) is 3.20. The van der Waals surface area contributed by atoms with Gasteiger partial charge in [-0.2, -0.15) is 0 Å². The molecule has 3 rings (SSSR count). The molecule has 0 radical (unpaired) electrons. The maximum atomic E-state index is 13.8. The number of rotatable bonds is 4. The van der Waals surface area contributed by atoms with Gasteiger partial charge in [0.1, 0.15) is 16.6 Å². The minimum absolute atomic E-state index is 0.295. The Hall–Kier alpha value is -0.980. The van der Waals surface area contributed by atoms with Crippen LogP contribution in [0.2, 0.25) is 0 Å². The van der Waals surface area contributed by atoms with Crippen LogP contribution in [0.25, 0.3) is 11.0 Å². The average Bonchev–Trinajstić information content (AvgIpc) is 2.97. The normalized spacial score (nSPS) is 11.4. The van der Waals surface area contributed by atoms with Crippen molar-refractivity contribution in [2.24, 2.45) is 0 Å². The average molecular weight is 389 g/mol. The van der Waals surface area contributed by atoms with Crippen molar-refractivity contribution < 1.29 is 4.39 Å². The number of hydrogen-bond acceptors (Lipinski definition) is 3. The second-order valence-corrected chi connectivity index (χ2v) is 6.87. The maximum Gasteiger partial charge on any atom is 0.139 e. The zero-order valence-corrected chi connectivity index (χ0v) is 14.4. The molecule has 0 atom stereocenters. The van der Waals surface area contributed by atoms with Gasteiger partial charge in [0.15, 0.2) is 0 Å². The van der Waals surface area contributed by atoms with Crippen LogP contribution in [-0.4, -0.2) is 20.4 Å². The summed E-state index contributed by atoms with van der Waals surface area (Å²) < 4.78 is 16.2. The standard InChI is InChI=1S/C14H12BrClFN3S/c1-8-7-21-14(18-8)6-20-12-5-10(17)9(15)4-11(12)19-13(20)2-3-16/h4-5,7H,2-3,6H2,1H3. The van der Waals surface area contributed by atoms with Crippen LogP contribution in [-0.2, 0) is 13.0 Å². The lowest BCUT2D eigenvalue weighted by Crippen LogP contribution is -2.06. The van der Waals surface area contributed by atoms with Crippen molar-refractivity contribution in [1.82, 2.24) is 14.5 Å². The summed E-state index contributed by atoms with van der Waals surface area (Å²) in [5, 5.41) is 2.98. The van der Waals surface area contributed by atoms with Crippen molar-refractivity contribution in [2.75, 3.05) is 5.88 Å². The van der Waals surface area contributed by atoms with E-state index in [4.69, 9.17) is 11.6 Å². The van der Waals surface area contributed by atoms with Crippen LogP contribution in [0.5, 0.6) is 0 Å². The lowest BCUT2D eigenvalue weighted by Gasteiger charge is -2.06. The van der Waals surface area contributed by atoms with Gasteiger partial charge in [-0.05, 0) is 28.9 Å². The van der Waals surface area contributed by atoms with Crippen LogP contribution in [0, 0.1) is 12.7 Å². The third kappa shape index (κ3) is 2.98. The van der Waals surface area contributed by atoms with E-state index >= 15 is 0 Å². The van der Waals surface area contributed by atoms with E-state index in [-0.39, 0.29) is 5.82 Å². The Bertz CT molecular complexity index is 799. The Kier molecular flexibility index (Phi) is 4.28. The molecule has 0 aliphatic carbocycles. The molecule has 7 heteroatoms. The molecule has 2 heterocycles. The number of fused-ring (bicyclic) bond motifs is 1. The molecule has 0 aliphatic heterocycles. The van der Waals surface area contributed by atoms with Gasteiger partial charge in [-0.15, -0.1) is 22.9 Å². The monoisotopic (exact) mass is 387 g/mol. The van der Waals surface area contributed by atoms with Crippen molar-refractivity contribution in [3.63, 3.8) is 0 Å². The van der Waals surface area contributed by atoms with Gasteiger partial charge in [-0.3, -0.25) is 0 Å². The Morgan fingerprint density at radius 1 is 1.38 bits per heavy atom. The van der Waals surface area contributed by atoms with E-state index in [1.165, 1.54) is 6.07 Å². The van der Waals surface area contributed by atoms with Crippen LogP contribution in [0.3, 0.4) is 0 Å². The number of hydrogen-bond donors (Lipinski definition) is 0. The SMILES string of the molecule is Cc1csc(Cn2c(CCCl)nc3cc(Br)c(F)cc32)n1. The predicted molar refractivity (Wildman–Crippen MR) is 87.8 cm³/mol. The smallest absolute Gasteiger partial charge is 0.139 e. The summed E-state index contributed by atoms with van der Waals surface area (Å²) in [5.41, 5.74) is 2.52. The number of aromatic nitrogens is 3. The van der Waals surface area contributed by atoms with E-state index in [1.54, 1.807) is 17.4 Å². The van der Waals surface area contributed by atoms with E-state index < -0.39 is 0 Å². The molecule has 1 aromatic carbocycles. The van der Waals surface area contributed by atoms with E-state index in [9.17, 15) is 4.39 Å². The second kappa shape index (κ2) is 6.02. The first-order valence-electron chi connectivity index (χ1n) is 6.39. The molecule has 110 valence electrons. The molecular formula is C14H12BrClFN3S. The summed E-state index contributed by atoms with van der Waals surface area (Å²) in [5.74, 6) is 1.03. The Morgan fingerprint density at radius 2 is 2.19 bits per heavy atom. The van der Waals surface area contributed by atoms with Gasteiger partial charge < -0.3 is 4.57 Å². The first-order valence-corrected chi connectivity index (χ1v) is 8.60. The molecule has 3 nitrogen and oxygen atoms in total. The number of benzene rings is 1. The van der Waals surface area contributed by atoms with Crippen molar-refractivity contribution >= 4 is 49.9 Å². The Balaban J connectivity index is 2.12. The summed E-state index contributed by atoms with van der Waals surface area (Å²) in [4.78, 5) is 9.03. The highest BCUT2D eigenvalue weighted by Gasteiger charge is 2.14. The van der Waals surface area contributed by atoms with E-state index in [0.29, 0.717) is 23.3 Å². The van der Waals surface area contributed by atoms with Crippen molar-refractivity contribution in [3.8, 4) is 0 Å². The number of nitrogens with zero attached hydrogens (tertiary/aromatic N) is 3. The lowest BCUT2D eigenvalue weighted by molar-refractivity contribution is 0.621. The highest BCUT2D eigenvalue weighted by atomic mass is 79.9. The Labute approximate surface area is 138 Å². The molecule has 0 aliphatic rings. The Morgan fingerprint density at radius 3 is 2.86 bits per heavy atom. The molecule has 0 fully saturated rings. The fourth-order valence-electron chi connectivity index (χ4n) is 2.23. The van der Waals surface area contributed by atoms with Crippen LogP contribution in [0.1, 0.15) is 16.5 Å². The topological polar surface area (TPSA) is 30.7 Å². The first-order chi connectivity index (χ1) is 10.1. The van der Waals surface area contributed by atoms with Gasteiger partial charge in [0.2, 0.25) is 0 Å². The van der Waals surface area contributed by atoms with Gasteiger partial charge in [0.05, 0.1) is 22.1 Å². The molecule has 3 aromatic rings. The summed E-state index contributed by atoms with van der Waals surface area (Å²) >= 11 is 10.6. The highest BCUT2D eigenvalue weighted by Crippen LogP contribution is 2.26. The number of thiazole rings is 1. The van der Waals surface area contributed by atoms with Crippen LogP contribution < -0.4 is 0 Å². The largest absolute Gasteiger partial charge is 0.321 e. The highest BCUT2D eigenvalue weighted by molar-refractivity contribution is 9.10. The fourth-order valence-corrected chi connectivity index (χ4v) is 3.49. The molecular weight excluding hydrogens is 377 g/mol. The minimum atomic E-state index is -0.295. The molecule has 2 aromatic heterocycles. The van der Waals surface area contributed by atoms with Gasteiger partial charge in [-0.25, -0.2) is 14.4 Å². The van der Waals surface area contributed by atoms with Gasteiger partial charge >= 0.3 is 0 Å². The van der Waals surface area contributed by atoms with Gasteiger partial charge in [-0.1, -0.05) is 0 Å². The van der Waals surface area contributed by atoms with Gasteiger partial charge in [0, 0.05) is 29.4 Å². The van der Waals surface area contributed by atoms with Crippen LogP contribution in [0.4, 0.5) is 4.39 Å². The summed E-state index contributed by atoms with van der Waals surface area (Å²) in [6.07, 6.45) is 0.639. The van der Waals surface area contributed by atoms with Crippen LogP contribution >= 0.6 is 38.9 Å². The molecule has 0 bridgehead atoms. The molecule has 0 saturated heterocycles. The number of halogens is 3. The number of imidazole rings is 1. The molecule has 0 spiro atoms. The predicted octanol–water partition coefficient (Wildman–Crippen LogP) is 4.53. The first kappa shape index (κ1) is 14.9. The van der Waals surface area contributed by atoms with Crippen molar-refractivity contribution in [1.29, 1.82) is 0 Å². The van der Waals surface area contributed by atoms with Gasteiger partial charge in [0.25, 0.3) is 0 Å². The van der Waals surface area contributed by atoms with Crippen molar-refractivity contribution in [3.05, 3.63) is 44.3 Å². The van der Waals surface area contributed by atoms with E-state index in [1.807, 2.05) is 16.9 Å².